The van der Waals surface area contributed by atoms with Crippen LogP contribution >= 0.6 is 0 Å². The minimum absolute atomic E-state index is 0.630. The second-order valence-electron chi connectivity index (χ2n) is 10.9. The molecule has 0 aliphatic rings. The summed E-state index contributed by atoms with van der Waals surface area (Å²) in [7, 11) is 0. The molecule has 0 saturated heterocycles. The molecule has 0 amide bonds. The van der Waals surface area contributed by atoms with Gasteiger partial charge in [0.1, 0.15) is 0 Å². The minimum atomic E-state index is 0.630. The van der Waals surface area contributed by atoms with Crippen molar-refractivity contribution in [3.05, 3.63) is 157 Å². The Morgan fingerprint density at radius 3 is 1.20 bits per heavy atom. The maximum absolute atomic E-state index is 9.48. The zero-order valence-corrected chi connectivity index (χ0v) is 23.6. The van der Waals surface area contributed by atoms with Crippen LogP contribution in [-0.4, -0.2) is 9.13 Å². The molecule has 0 radical (unpaired) electrons. The number of hydrogen-bond acceptors (Lipinski definition) is 2. The standard InChI is InChI=1S/C40H24N4/c41-25-27-15-19-31(20-16-27)37-23-40-39(43(37)35-13-5-9-29-7-1-3-11-33(29)35)24-38(32-21-17-28(26-42)18-22-32)44(40)36-14-6-10-30-8-2-4-12-34(30)36/h1-24H. The van der Waals surface area contributed by atoms with Crippen LogP contribution in [0.15, 0.2) is 146 Å². The molecular weight excluding hydrogens is 536 g/mol. The van der Waals surface area contributed by atoms with Crippen LogP contribution in [-0.2, 0) is 0 Å². The van der Waals surface area contributed by atoms with Crippen LogP contribution in [0.25, 0.3) is 66.5 Å². The zero-order chi connectivity index (χ0) is 29.6. The van der Waals surface area contributed by atoms with E-state index in [1.165, 1.54) is 10.8 Å². The fourth-order valence-electron chi connectivity index (χ4n) is 6.34. The van der Waals surface area contributed by atoms with Gasteiger partial charge in [0.2, 0.25) is 0 Å². The molecule has 0 unspecified atom stereocenters. The van der Waals surface area contributed by atoms with E-state index in [9.17, 15) is 10.5 Å². The second-order valence-corrected chi connectivity index (χ2v) is 10.9. The van der Waals surface area contributed by atoms with Gasteiger partial charge < -0.3 is 9.13 Å². The van der Waals surface area contributed by atoms with Crippen LogP contribution in [0.1, 0.15) is 11.1 Å². The Kier molecular flexibility index (Phi) is 5.86. The Bertz CT molecular complexity index is 2260. The van der Waals surface area contributed by atoms with E-state index in [1.807, 2.05) is 48.5 Å². The van der Waals surface area contributed by atoms with Gasteiger partial charge in [0.15, 0.2) is 0 Å². The predicted octanol–water partition coefficient (Wildman–Crippen LogP) is 9.80. The van der Waals surface area contributed by atoms with Crippen molar-refractivity contribution in [1.82, 2.24) is 9.13 Å². The number of hydrogen-bond donors (Lipinski definition) is 0. The van der Waals surface area contributed by atoms with Gasteiger partial charge in [-0.1, -0.05) is 97.1 Å². The van der Waals surface area contributed by atoms with Crippen molar-refractivity contribution in [2.24, 2.45) is 0 Å². The fourth-order valence-corrected chi connectivity index (χ4v) is 6.34. The van der Waals surface area contributed by atoms with Crippen LogP contribution in [0.2, 0.25) is 0 Å². The number of aromatic nitrogens is 2. The number of nitriles is 2. The van der Waals surface area contributed by atoms with Gasteiger partial charge in [-0.25, -0.2) is 0 Å². The van der Waals surface area contributed by atoms with Crippen molar-refractivity contribution in [2.45, 2.75) is 0 Å². The van der Waals surface area contributed by atoms with Crippen LogP contribution in [0.4, 0.5) is 0 Å². The normalized spacial score (nSPS) is 11.1. The summed E-state index contributed by atoms with van der Waals surface area (Å²) in [6, 6.07) is 54.4. The Balaban J connectivity index is 1.52. The van der Waals surface area contributed by atoms with Crippen molar-refractivity contribution in [1.29, 1.82) is 10.5 Å². The van der Waals surface area contributed by atoms with E-state index < -0.39 is 0 Å². The highest BCUT2D eigenvalue weighted by Gasteiger charge is 2.22. The molecule has 0 fully saturated rings. The van der Waals surface area contributed by atoms with Crippen LogP contribution in [0.3, 0.4) is 0 Å². The monoisotopic (exact) mass is 560 g/mol. The zero-order valence-electron chi connectivity index (χ0n) is 23.6. The molecule has 0 saturated carbocycles. The quantitative estimate of drug-likeness (QED) is 0.215. The number of fused-ring (bicyclic) bond motifs is 3. The topological polar surface area (TPSA) is 57.4 Å². The average molecular weight is 561 g/mol. The molecule has 44 heavy (non-hydrogen) atoms. The summed E-state index contributed by atoms with van der Waals surface area (Å²) in [6.45, 7) is 0. The number of nitrogens with zero attached hydrogens (tertiary/aromatic N) is 4. The van der Waals surface area contributed by atoms with Gasteiger partial charge in [0.05, 0.1) is 57.1 Å². The molecule has 8 aromatic rings. The molecule has 2 aromatic heterocycles. The molecular formula is C40H24N4. The van der Waals surface area contributed by atoms with Crippen molar-refractivity contribution >= 4 is 32.6 Å². The first-order valence-electron chi connectivity index (χ1n) is 14.5. The molecule has 2 heterocycles. The van der Waals surface area contributed by atoms with Crippen LogP contribution < -0.4 is 0 Å². The largest absolute Gasteiger partial charge is 0.307 e. The Morgan fingerprint density at radius 2 is 0.795 bits per heavy atom. The summed E-state index contributed by atoms with van der Waals surface area (Å²) < 4.78 is 4.68. The first-order chi connectivity index (χ1) is 21.7. The summed E-state index contributed by atoms with van der Waals surface area (Å²) in [5, 5.41) is 23.6. The predicted molar refractivity (Wildman–Crippen MR) is 178 cm³/mol. The molecule has 6 aromatic carbocycles. The first kappa shape index (κ1) is 25.4. The average Bonchev–Trinajstić information content (AvgIpc) is 3.64. The van der Waals surface area contributed by atoms with E-state index in [1.54, 1.807) is 0 Å². The van der Waals surface area contributed by atoms with Crippen LogP contribution in [0, 0.1) is 22.7 Å². The van der Waals surface area contributed by atoms with E-state index in [4.69, 9.17) is 0 Å². The van der Waals surface area contributed by atoms with Crippen molar-refractivity contribution in [2.75, 3.05) is 0 Å². The molecule has 0 aliphatic heterocycles. The Morgan fingerprint density at radius 1 is 0.409 bits per heavy atom. The number of rotatable bonds is 4. The van der Waals surface area contributed by atoms with Crippen molar-refractivity contribution < 1.29 is 0 Å². The van der Waals surface area contributed by atoms with Gasteiger partial charge in [-0.05, 0) is 70.4 Å². The third kappa shape index (κ3) is 3.98. The third-order valence-corrected chi connectivity index (χ3v) is 8.41. The van der Waals surface area contributed by atoms with Crippen molar-refractivity contribution in [3.8, 4) is 46.0 Å². The molecule has 8 rings (SSSR count). The van der Waals surface area contributed by atoms with Gasteiger partial charge >= 0.3 is 0 Å². The lowest BCUT2D eigenvalue weighted by Crippen LogP contribution is -1.98. The molecule has 0 atom stereocenters. The molecule has 4 nitrogen and oxygen atoms in total. The van der Waals surface area contributed by atoms with E-state index in [0.29, 0.717) is 11.1 Å². The van der Waals surface area contributed by atoms with Gasteiger partial charge in [-0.3, -0.25) is 0 Å². The lowest BCUT2D eigenvalue weighted by Gasteiger charge is -2.14. The minimum Gasteiger partial charge on any atom is -0.307 e. The molecule has 4 heteroatoms. The number of benzene rings is 6. The van der Waals surface area contributed by atoms with Gasteiger partial charge in [0, 0.05) is 10.8 Å². The summed E-state index contributed by atoms with van der Waals surface area (Å²) in [4.78, 5) is 0. The smallest absolute Gasteiger partial charge is 0.0991 e. The van der Waals surface area contributed by atoms with Crippen molar-refractivity contribution in [3.63, 3.8) is 0 Å². The highest BCUT2D eigenvalue weighted by Crippen LogP contribution is 2.41. The lowest BCUT2D eigenvalue weighted by atomic mass is 10.1. The SMILES string of the molecule is N#Cc1ccc(-c2cc3c(cc(-c4ccc(C#N)cc4)n3-c3cccc4ccccc34)n2-c2cccc3ccccc23)cc1. The Labute approximate surface area is 254 Å². The molecule has 0 aliphatic carbocycles. The third-order valence-electron chi connectivity index (χ3n) is 8.41. The summed E-state index contributed by atoms with van der Waals surface area (Å²) in [5.74, 6) is 0. The van der Waals surface area contributed by atoms with Gasteiger partial charge in [-0.2, -0.15) is 10.5 Å². The van der Waals surface area contributed by atoms with Gasteiger partial charge in [-0.15, -0.1) is 0 Å². The van der Waals surface area contributed by atoms with E-state index in [0.717, 1.165) is 55.7 Å². The molecule has 0 spiro atoms. The maximum Gasteiger partial charge on any atom is 0.0991 e. The maximum atomic E-state index is 9.48. The highest BCUT2D eigenvalue weighted by atomic mass is 15.1. The highest BCUT2D eigenvalue weighted by molar-refractivity contribution is 6.00. The summed E-state index contributed by atoms with van der Waals surface area (Å²) >= 11 is 0. The molecule has 0 bridgehead atoms. The first-order valence-corrected chi connectivity index (χ1v) is 14.5. The lowest BCUT2D eigenvalue weighted by molar-refractivity contribution is 1.15. The Hall–Kier alpha value is -6.36. The molecule has 0 N–H and O–H groups in total. The summed E-state index contributed by atoms with van der Waals surface area (Å²) in [6.07, 6.45) is 0. The fraction of sp³-hybridized carbons (Fsp3) is 0. The summed E-state index contributed by atoms with van der Waals surface area (Å²) in [5.41, 5.74) is 9.68. The second kappa shape index (κ2) is 10.2. The molecule has 204 valence electrons. The van der Waals surface area contributed by atoms with Crippen LogP contribution in [0.5, 0.6) is 0 Å². The van der Waals surface area contributed by atoms with E-state index in [-0.39, 0.29) is 0 Å². The van der Waals surface area contributed by atoms with E-state index >= 15 is 0 Å². The van der Waals surface area contributed by atoms with Gasteiger partial charge in [0.25, 0.3) is 0 Å². The van der Waals surface area contributed by atoms with E-state index in [2.05, 4.69) is 118 Å².